The topological polar surface area (TPSA) is 72.6 Å². The minimum absolute atomic E-state index is 0.0653. The summed E-state index contributed by atoms with van der Waals surface area (Å²) in [4.78, 5) is 27.3. The first-order chi connectivity index (χ1) is 14.1. The van der Waals surface area contributed by atoms with Crippen molar-refractivity contribution in [1.82, 2.24) is 0 Å². The van der Waals surface area contributed by atoms with E-state index in [1.165, 1.54) is 0 Å². The predicted molar refractivity (Wildman–Crippen MR) is 114 cm³/mol. The van der Waals surface area contributed by atoms with Crippen LogP contribution in [0.3, 0.4) is 0 Å². The lowest BCUT2D eigenvalue weighted by Crippen LogP contribution is -2.41. The summed E-state index contributed by atoms with van der Waals surface area (Å²) < 4.78 is 5.70. The zero-order valence-corrected chi connectivity index (χ0v) is 16.5. The van der Waals surface area contributed by atoms with Crippen molar-refractivity contribution >= 4 is 29.3 Å². The number of carbonyl (C=O) groups is 2. The van der Waals surface area contributed by atoms with E-state index in [2.05, 4.69) is 0 Å². The zero-order valence-electron chi connectivity index (χ0n) is 15.7. The number of para-hydroxylation sites is 1. The Kier molecular flexibility index (Phi) is 5.53. The number of primary amides is 1. The molecule has 1 aliphatic rings. The average Bonchev–Trinajstić information content (AvgIpc) is 2.77. The molecule has 4 rings (SSSR count). The Hall–Kier alpha value is -3.25. The molecule has 6 heteroatoms. The van der Waals surface area contributed by atoms with E-state index in [0.29, 0.717) is 11.3 Å². The Bertz CT molecular complexity index is 1020. The summed E-state index contributed by atoms with van der Waals surface area (Å²) in [6.45, 7) is -0.0990. The number of rotatable bonds is 5. The van der Waals surface area contributed by atoms with Gasteiger partial charge in [-0.25, -0.2) is 0 Å². The molecule has 0 saturated heterocycles. The largest absolute Gasteiger partial charge is 0.484 e. The Morgan fingerprint density at radius 2 is 1.66 bits per heavy atom. The van der Waals surface area contributed by atoms with Crippen LogP contribution in [0.25, 0.3) is 0 Å². The van der Waals surface area contributed by atoms with E-state index in [4.69, 9.17) is 10.5 Å². The van der Waals surface area contributed by atoms with Crippen LogP contribution in [0.5, 0.6) is 5.75 Å². The third kappa shape index (κ3) is 4.12. The van der Waals surface area contributed by atoms with Crippen LogP contribution in [-0.4, -0.2) is 24.2 Å². The van der Waals surface area contributed by atoms with Crippen LogP contribution in [-0.2, 0) is 4.79 Å². The van der Waals surface area contributed by atoms with Crippen molar-refractivity contribution in [3.63, 3.8) is 0 Å². The molecular weight excluding hydrogens is 384 g/mol. The summed E-state index contributed by atoms with van der Waals surface area (Å²) in [5.74, 6) is 0.672. The average molecular weight is 404 g/mol. The molecule has 0 saturated carbocycles. The Morgan fingerprint density at radius 1 is 0.966 bits per heavy atom. The molecule has 2 N–H and O–H groups in total. The van der Waals surface area contributed by atoms with Gasteiger partial charge in [0.2, 0.25) is 5.91 Å². The lowest BCUT2D eigenvalue weighted by molar-refractivity contribution is -0.121. The number of benzene rings is 3. The first kappa shape index (κ1) is 19.1. The fourth-order valence-corrected chi connectivity index (χ4v) is 4.52. The molecule has 1 atom stereocenters. The van der Waals surface area contributed by atoms with Gasteiger partial charge in [-0.2, -0.15) is 0 Å². The highest BCUT2D eigenvalue weighted by Crippen LogP contribution is 2.43. The molecule has 0 bridgehead atoms. The Balaban J connectivity index is 1.57. The number of nitrogens with two attached hydrogens (primary N) is 1. The van der Waals surface area contributed by atoms with E-state index in [-0.39, 0.29) is 18.6 Å². The molecule has 0 spiro atoms. The lowest BCUT2D eigenvalue weighted by Gasteiger charge is -2.37. The van der Waals surface area contributed by atoms with Crippen molar-refractivity contribution in [3.8, 4) is 5.75 Å². The van der Waals surface area contributed by atoms with Gasteiger partial charge < -0.3 is 10.5 Å². The summed E-state index contributed by atoms with van der Waals surface area (Å²) in [5, 5.41) is 0. The number of fused-ring (bicyclic) bond motifs is 1. The molecular formula is C23H20N2O3S. The van der Waals surface area contributed by atoms with E-state index >= 15 is 0 Å². The molecule has 29 heavy (non-hydrogen) atoms. The molecule has 0 fully saturated rings. The Morgan fingerprint density at radius 3 is 2.38 bits per heavy atom. The van der Waals surface area contributed by atoms with Gasteiger partial charge in [-0.05, 0) is 42.0 Å². The van der Waals surface area contributed by atoms with E-state index in [1.807, 2.05) is 59.5 Å². The SMILES string of the molecule is NC(=O)c1ccc(OCC(=O)N2c3ccccc3SCC2c2ccccc2)cc1. The molecule has 5 nitrogen and oxygen atoms in total. The van der Waals surface area contributed by atoms with E-state index in [9.17, 15) is 9.59 Å². The second kappa shape index (κ2) is 8.41. The second-order valence-electron chi connectivity index (χ2n) is 6.65. The minimum atomic E-state index is -0.499. The highest BCUT2D eigenvalue weighted by Gasteiger charge is 2.32. The number of anilines is 1. The van der Waals surface area contributed by atoms with Gasteiger partial charge in [-0.3, -0.25) is 14.5 Å². The maximum absolute atomic E-state index is 13.2. The van der Waals surface area contributed by atoms with Crippen LogP contribution >= 0.6 is 11.8 Å². The van der Waals surface area contributed by atoms with Gasteiger partial charge in [0.05, 0.1) is 11.7 Å². The number of amides is 2. The summed E-state index contributed by atoms with van der Waals surface area (Å²) in [5.41, 5.74) is 7.64. The summed E-state index contributed by atoms with van der Waals surface area (Å²) in [6.07, 6.45) is 0. The van der Waals surface area contributed by atoms with Gasteiger partial charge in [0, 0.05) is 16.2 Å². The third-order valence-electron chi connectivity index (χ3n) is 4.79. The maximum Gasteiger partial charge on any atom is 0.265 e. The molecule has 0 aliphatic carbocycles. The quantitative estimate of drug-likeness (QED) is 0.696. The van der Waals surface area contributed by atoms with Gasteiger partial charge in [-0.15, -0.1) is 11.8 Å². The van der Waals surface area contributed by atoms with Crippen molar-refractivity contribution in [2.75, 3.05) is 17.3 Å². The third-order valence-corrected chi connectivity index (χ3v) is 5.93. The van der Waals surface area contributed by atoms with Gasteiger partial charge in [0.1, 0.15) is 5.75 Å². The normalized spacial score (nSPS) is 15.4. The fraction of sp³-hybridized carbons (Fsp3) is 0.130. The van der Waals surface area contributed by atoms with Crippen LogP contribution < -0.4 is 15.4 Å². The van der Waals surface area contributed by atoms with Crippen molar-refractivity contribution < 1.29 is 14.3 Å². The molecule has 3 aromatic carbocycles. The van der Waals surface area contributed by atoms with Crippen LogP contribution in [0.1, 0.15) is 22.0 Å². The van der Waals surface area contributed by atoms with Gasteiger partial charge >= 0.3 is 0 Å². The standard InChI is InChI=1S/C23H20N2O3S/c24-23(27)17-10-12-18(13-11-17)28-14-22(26)25-19-8-4-5-9-21(19)29-15-20(25)16-6-2-1-3-7-16/h1-13,20H,14-15H2,(H2,24,27). The van der Waals surface area contributed by atoms with Gasteiger partial charge in [0.15, 0.2) is 6.61 Å². The highest BCUT2D eigenvalue weighted by atomic mass is 32.2. The van der Waals surface area contributed by atoms with Gasteiger partial charge in [-0.1, -0.05) is 42.5 Å². The number of nitrogens with zero attached hydrogens (tertiary/aromatic N) is 1. The van der Waals surface area contributed by atoms with Crippen LogP contribution in [0.4, 0.5) is 5.69 Å². The number of thioether (sulfide) groups is 1. The maximum atomic E-state index is 13.2. The molecule has 2 amide bonds. The molecule has 0 aromatic heterocycles. The molecule has 3 aromatic rings. The van der Waals surface area contributed by atoms with Crippen molar-refractivity contribution in [3.05, 3.63) is 90.0 Å². The molecule has 1 aliphatic heterocycles. The summed E-state index contributed by atoms with van der Waals surface area (Å²) in [6, 6.07) is 24.3. The molecule has 0 radical (unpaired) electrons. The predicted octanol–water partition coefficient (Wildman–Crippen LogP) is 4.04. The lowest BCUT2D eigenvalue weighted by atomic mass is 10.1. The summed E-state index contributed by atoms with van der Waals surface area (Å²) >= 11 is 1.75. The van der Waals surface area contributed by atoms with E-state index in [0.717, 1.165) is 21.9 Å². The van der Waals surface area contributed by atoms with E-state index in [1.54, 1.807) is 36.0 Å². The molecule has 1 heterocycles. The minimum Gasteiger partial charge on any atom is -0.484 e. The molecule has 146 valence electrons. The second-order valence-corrected chi connectivity index (χ2v) is 7.71. The number of ether oxygens (including phenoxy) is 1. The first-order valence-electron chi connectivity index (χ1n) is 9.25. The van der Waals surface area contributed by atoms with Crippen LogP contribution in [0.2, 0.25) is 0 Å². The van der Waals surface area contributed by atoms with Gasteiger partial charge in [0.25, 0.3) is 5.91 Å². The smallest absolute Gasteiger partial charge is 0.265 e. The number of carbonyl (C=O) groups excluding carboxylic acids is 2. The van der Waals surface area contributed by atoms with Crippen molar-refractivity contribution in [2.45, 2.75) is 10.9 Å². The van der Waals surface area contributed by atoms with Crippen molar-refractivity contribution in [2.24, 2.45) is 5.73 Å². The fourth-order valence-electron chi connectivity index (χ4n) is 3.35. The van der Waals surface area contributed by atoms with E-state index < -0.39 is 5.91 Å². The Labute approximate surface area is 173 Å². The van der Waals surface area contributed by atoms with Crippen LogP contribution in [0.15, 0.2) is 83.8 Å². The molecule has 1 unspecified atom stereocenters. The van der Waals surface area contributed by atoms with Crippen LogP contribution in [0, 0.1) is 0 Å². The number of hydrogen-bond donors (Lipinski definition) is 1. The summed E-state index contributed by atoms with van der Waals surface area (Å²) in [7, 11) is 0. The highest BCUT2D eigenvalue weighted by molar-refractivity contribution is 7.99. The number of hydrogen-bond acceptors (Lipinski definition) is 4. The monoisotopic (exact) mass is 404 g/mol. The first-order valence-corrected chi connectivity index (χ1v) is 10.2. The zero-order chi connectivity index (χ0) is 20.2. The van der Waals surface area contributed by atoms with Crippen molar-refractivity contribution in [1.29, 1.82) is 0 Å².